The number of hydrogen-bond acceptors (Lipinski definition) is 5. The van der Waals surface area contributed by atoms with Crippen LogP contribution in [0, 0.1) is 11.8 Å². The molecule has 3 N–H and O–H groups in total. The fourth-order valence-electron chi connectivity index (χ4n) is 5.76. The van der Waals surface area contributed by atoms with Gasteiger partial charge in [-0.05, 0) is 50.5 Å². The van der Waals surface area contributed by atoms with Crippen LogP contribution in [0.3, 0.4) is 0 Å². The number of carbonyl (C=O) groups excluding carboxylic acids is 2. The van der Waals surface area contributed by atoms with Gasteiger partial charge in [0.25, 0.3) is 5.91 Å². The average Bonchev–Trinajstić information content (AvgIpc) is 3.48. The lowest BCUT2D eigenvalue weighted by atomic mass is 9.79. The molecule has 1 aromatic heterocycles. The number of carboxylic acid groups (broad SMARTS) is 1. The van der Waals surface area contributed by atoms with E-state index in [1.807, 2.05) is 0 Å². The number of nitrogens with one attached hydrogen (secondary N) is 2. The van der Waals surface area contributed by atoms with Gasteiger partial charge in [0.15, 0.2) is 0 Å². The van der Waals surface area contributed by atoms with Gasteiger partial charge in [-0.3, -0.25) is 14.4 Å². The van der Waals surface area contributed by atoms with Gasteiger partial charge >= 0.3 is 5.97 Å². The van der Waals surface area contributed by atoms with E-state index in [9.17, 15) is 19.5 Å². The Morgan fingerprint density at radius 1 is 0.933 bits per heavy atom. The molecule has 0 unspecified atom stereocenters. The lowest BCUT2D eigenvalue weighted by molar-refractivity contribution is -0.147. The number of fused-ring (bicyclic) bond motifs is 3. The summed E-state index contributed by atoms with van der Waals surface area (Å²) in [6.45, 7) is 0. The Kier molecular flexibility index (Phi) is 5.31. The molecule has 5 rings (SSSR count). The van der Waals surface area contributed by atoms with Gasteiger partial charge in [-0.25, -0.2) is 0 Å². The molecule has 2 saturated heterocycles. The van der Waals surface area contributed by atoms with E-state index >= 15 is 0 Å². The number of anilines is 1. The van der Waals surface area contributed by atoms with Crippen LogP contribution in [0.25, 0.3) is 0 Å². The van der Waals surface area contributed by atoms with Crippen molar-refractivity contribution >= 4 is 34.1 Å². The van der Waals surface area contributed by atoms with Crippen LogP contribution in [0.4, 0.5) is 5.00 Å². The Bertz CT molecular complexity index is 875. The molecule has 0 spiro atoms. The van der Waals surface area contributed by atoms with Crippen molar-refractivity contribution in [2.24, 2.45) is 11.8 Å². The average molecular weight is 433 g/mol. The molecule has 2 aliphatic carbocycles. The van der Waals surface area contributed by atoms with Crippen molar-refractivity contribution in [3.63, 3.8) is 0 Å². The second-order valence-electron chi connectivity index (χ2n) is 9.04. The standard InChI is InChI=1S/C22H28N2O5S/c25-19(23-11-5-2-1-3-6-11)16-12-7-4-8-15(12)30-21(16)24-20(26)17-13-9-10-14(29-13)18(17)22(27)28/h11,13-14,17-18H,1-10H2,(H,23,25)(H,24,26)(H,27,28)/t13-,14-,17+,18-/m0/s1. The van der Waals surface area contributed by atoms with Gasteiger partial charge in [0.1, 0.15) is 5.00 Å². The van der Waals surface area contributed by atoms with Crippen molar-refractivity contribution in [3.05, 3.63) is 16.0 Å². The van der Waals surface area contributed by atoms with Crippen molar-refractivity contribution in [3.8, 4) is 0 Å². The number of hydrogen-bond donors (Lipinski definition) is 3. The molecule has 1 aromatic rings. The van der Waals surface area contributed by atoms with Crippen LogP contribution in [0.1, 0.15) is 72.2 Å². The summed E-state index contributed by atoms with van der Waals surface area (Å²) in [5, 5.41) is 16.3. The minimum absolute atomic E-state index is 0.101. The van der Waals surface area contributed by atoms with Gasteiger partial charge in [0, 0.05) is 10.9 Å². The van der Waals surface area contributed by atoms with E-state index in [1.54, 1.807) is 0 Å². The van der Waals surface area contributed by atoms with Crippen LogP contribution in [0.2, 0.25) is 0 Å². The number of aryl methyl sites for hydroxylation is 1. The molecule has 30 heavy (non-hydrogen) atoms. The molecular weight excluding hydrogens is 404 g/mol. The molecule has 1 saturated carbocycles. The fourth-order valence-corrected chi connectivity index (χ4v) is 7.05. The van der Waals surface area contributed by atoms with Gasteiger partial charge in [-0.1, -0.05) is 19.3 Å². The quantitative estimate of drug-likeness (QED) is 0.663. The normalized spacial score (nSPS) is 30.3. The predicted octanol–water partition coefficient (Wildman–Crippen LogP) is 3.12. The highest BCUT2D eigenvalue weighted by atomic mass is 32.1. The van der Waals surface area contributed by atoms with E-state index < -0.39 is 17.8 Å². The third kappa shape index (κ3) is 3.43. The molecule has 8 heteroatoms. The van der Waals surface area contributed by atoms with E-state index in [2.05, 4.69) is 10.6 Å². The van der Waals surface area contributed by atoms with E-state index in [-0.39, 0.29) is 30.1 Å². The van der Waals surface area contributed by atoms with Crippen LogP contribution < -0.4 is 10.6 Å². The lowest BCUT2D eigenvalue weighted by Crippen LogP contribution is -2.41. The number of carboxylic acids is 1. The molecule has 0 radical (unpaired) electrons. The fraction of sp³-hybridized carbons (Fsp3) is 0.682. The second-order valence-corrected chi connectivity index (χ2v) is 10.1. The molecule has 4 aliphatic rings. The highest BCUT2D eigenvalue weighted by Crippen LogP contribution is 2.45. The topological polar surface area (TPSA) is 105 Å². The maximum atomic E-state index is 13.2. The smallest absolute Gasteiger partial charge is 0.310 e. The molecule has 0 aromatic carbocycles. The molecule has 3 fully saturated rings. The minimum Gasteiger partial charge on any atom is -0.481 e. The first-order valence-corrected chi connectivity index (χ1v) is 12.0. The molecule has 4 atom stereocenters. The van der Waals surface area contributed by atoms with Gasteiger partial charge < -0.3 is 20.5 Å². The van der Waals surface area contributed by atoms with Crippen LogP contribution in [-0.2, 0) is 27.2 Å². The first-order chi connectivity index (χ1) is 14.5. The first kappa shape index (κ1) is 20.0. The van der Waals surface area contributed by atoms with Gasteiger partial charge in [-0.15, -0.1) is 11.3 Å². The molecule has 2 aliphatic heterocycles. The van der Waals surface area contributed by atoms with E-state index in [4.69, 9.17) is 4.74 Å². The van der Waals surface area contributed by atoms with Crippen LogP contribution in [-0.4, -0.2) is 41.1 Å². The predicted molar refractivity (Wildman–Crippen MR) is 112 cm³/mol. The Morgan fingerprint density at radius 2 is 1.67 bits per heavy atom. The lowest BCUT2D eigenvalue weighted by Gasteiger charge is -2.24. The van der Waals surface area contributed by atoms with Crippen molar-refractivity contribution in [1.29, 1.82) is 0 Å². The van der Waals surface area contributed by atoms with Gasteiger partial charge in [0.2, 0.25) is 5.91 Å². The number of aliphatic carboxylic acids is 1. The zero-order valence-corrected chi connectivity index (χ0v) is 17.8. The molecule has 3 heterocycles. The number of carbonyl (C=O) groups is 3. The van der Waals surface area contributed by atoms with Crippen molar-refractivity contribution in [1.82, 2.24) is 5.32 Å². The van der Waals surface area contributed by atoms with E-state index in [0.29, 0.717) is 23.4 Å². The Labute approximate surface area is 179 Å². The number of rotatable bonds is 5. The number of thiophene rings is 1. The maximum Gasteiger partial charge on any atom is 0.310 e. The Balaban J connectivity index is 1.37. The summed E-state index contributed by atoms with van der Waals surface area (Å²) in [4.78, 5) is 39.2. The highest BCUT2D eigenvalue weighted by molar-refractivity contribution is 7.17. The number of amides is 2. The van der Waals surface area contributed by atoms with Crippen molar-refractivity contribution in [2.75, 3.05) is 5.32 Å². The first-order valence-electron chi connectivity index (χ1n) is 11.2. The van der Waals surface area contributed by atoms with E-state index in [0.717, 1.165) is 55.4 Å². The van der Waals surface area contributed by atoms with E-state index in [1.165, 1.54) is 17.8 Å². The maximum absolute atomic E-state index is 13.2. The van der Waals surface area contributed by atoms with Crippen LogP contribution >= 0.6 is 11.3 Å². The highest BCUT2D eigenvalue weighted by Gasteiger charge is 2.55. The van der Waals surface area contributed by atoms with Gasteiger partial charge in [0.05, 0.1) is 29.6 Å². The SMILES string of the molecule is O=C(NC1CCCCC1)c1c(NC(=O)[C@H]2[C@@H](C(=O)O)[C@@H]3CC[C@@H]2O3)sc2c1CCC2. The Hall–Kier alpha value is -1.93. The molecular formula is C22H28N2O5S. The summed E-state index contributed by atoms with van der Waals surface area (Å²) < 4.78 is 5.74. The zero-order valence-electron chi connectivity index (χ0n) is 16.9. The number of ether oxygens (including phenoxy) is 1. The summed E-state index contributed by atoms with van der Waals surface area (Å²) in [5.74, 6) is -2.93. The Morgan fingerprint density at radius 3 is 2.40 bits per heavy atom. The van der Waals surface area contributed by atoms with Crippen molar-refractivity contribution < 1.29 is 24.2 Å². The summed E-state index contributed by atoms with van der Waals surface area (Å²) in [5.41, 5.74) is 1.66. The molecule has 2 bridgehead atoms. The third-order valence-electron chi connectivity index (χ3n) is 7.19. The zero-order chi connectivity index (χ0) is 20.8. The third-order valence-corrected chi connectivity index (χ3v) is 8.39. The summed E-state index contributed by atoms with van der Waals surface area (Å²) in [7, 11) is 0. The van der Waals surface area contributed by atoms with Crippen molar-refractivity contribution in [2.45, 2.75) is 82.5 Å². The molecule has 7 nitrogen and oxygen atoms in total. The van der Waals surface area contributed by atoms with Crippen LogP contribution in [0.5, 0.6) is 0 Å². The van der Waals surface area contributed by atoms with Crippen LogP contribution in [0.15, 0.2) is 0 Å². The second kappa shape index (κ2) is 7.96. The largest absolute Gasteiger partial charge is 0.481 e. The minimum atomic E-state index is -0.980. The van der Waals surface area contributed by atoms with Gasteiger partial charge in [-0.2, -0.15) is 0 Å². The summed E-state index contributed by atoms with van der Waals surface area (Å²) in [6, 6.07) is 0.196. The summed E-state index contributed by atoms with van der Waals surface area (Å²) in [6.07, 6.45) is 8.97. The monoisotopic (exact) mass is 432 g/mol. The molecule has 162 valence electrons. The molecule has 2 amide bonds. The summed E-state index contributed by atoms with van der Waals surface area (Å²) >= 11 is 1.47.